The van der Waals surface area contributed by atoms with E-state index in [2.05, 4.69) is 19.1 Å². The number of aryl methyl sites for hydroxylation is 1. The van der Waals surface area contributed by atoms with Gasteiger partial charge in [0.05, 0.1) is 0 Å². The lowest BCUT2D eigenvalue weighted by atomic mass is 9.68. The predicted molar refractivity (Wildman–Crippen MR) is 124 cm³/mol. The molecule has 0 amide bonds. The van der Waals surface area contributed by atoms with Crippen LogP contribution < -0.4 is 0 Å². The van der Waals surface area contributed by atoms with Crippen LogP contribution in [0.2, 0.25) is 0 Å². The lowest BCUT2D eigenvalue weighted by Gasteiger charge is -2.38. The van der Waals surface area contributed by atoms with E-state index in [1.807, 2.05) is 0 Å². The van der Waals surface area contributed by atoms with Gasteiger partial charge in [0, 0.05) is 0 Å². The average Bonchev–Trinajstić information content (AvgIpc) is 2.77. The first-order valence-electron chi connectivity index (χ1n) is 12.9. The maximum Gasteiger partial charge on any atom is 0.422 e. The molecule has 5 heteroatoms. The van der Waals surface area contributed by atoms with Crippen molar-refractivity contribution >= 4 is 0 Å². The van der Waals surface area contributed by atoms with Crippen LogP contribution in [0.4, 0.5) is 22.0 Å². The SMILES string of the molecule is CC=CCCCCC1CCC(C2CCC(CCc3cc(F)c(C(F)(F)F)c(F)c3)CC2)CC1. The van der Waals surface area contributed by atoms with Crippen molar-refractivity contribution in [3.63, 3.8) is 0 Å². The van der Waals surface area contributed by atoms with E-state index in [0.29, 0.717) is 17.9 Å². The van der Waals surface area contributed by atoms with Crippen molar-refractivity contribution in [2.45, 2.75) is 103 Å². The second kappa shape index (κ2) is 12.4. The van der Waals surface area contributed by atoms with Crippen LogP contribution in [0.15, 0.2) is 24.3 Å². The third-order valence-corrected chi connectivity index (χ3v) is 8.14. The van der Waals surface area contributed by atoms with Gasteiger partial charge in [0.1, 0.15) is 17.2 Å². The van der Waals surface area contributed by atoms with Crippen molar-refractivity contribution < 1.29 is 22.0 Å². The fraction of sp³-hybridized carbons (Fsp3) is 0.714. The number of allylic oxidation sites excluding steroid dienone is 2. The summed E-state index contributed by atoms with van der Waals surface area (Å²) in [7, 11) is 0. The Balaban J connectivity index is 1.36. The van der Waals surface area contributed by atoms with Gasteiger partial charge in [-0.25, -0.2) is 8.78 Å². The Labute approximate surface area is 196 Å². The second-order valence-corrected chi connectivity index (χ2v) is 10.4. The summed E-state index contributed by atoms with van der Waals surface area (Å²) < 4.78 is 65.9. The summed E-state index contributed by atoms with van der Waals surface area (Å²) >= 11 is 0. The highest BCUT2D eigenvalue weighted by Gasteiger charge is 2.38. The third-order valence-electron chi connectivity index (χ3n) is 8.14. The van der Waals surface area contributed by atoms with Crippen molar-refractivity contribution in [1.82, 2.24) is 0 Å². The molecule has 2 aliphatic rings. The molecule has 0 radical (unpaired) electrons. The maximum absolute atomic E-state index is 13.8. The first-order valence-corrected chi connectivity index (χ1v) is 12.9. The summed E-state index contributed by atoms with van der Waals surface area (Å²) in [4.78, 5) is 0. The number of hydrogen-bond donors (Lipinski definition) is 0. The molecule has 33 heavy (non-hydrogen) atoms. The number of unbranched alkanes of at least 4 members (excludes halogenated alkanes) is 2. The number of alkyl halides is 3. The van der Waals surface area contributed by atoms with Gasteiger partial charge in [-0.2, -0.15) is 13.2 Å². The van der Waals surface area contributed by atoms with E-state index >= 15 is 0 Å². The normalized spacial score (nSPS) is 26.7. The smallest absolute Gasteiger partial charge is 0.206 e. The number of benzene rings is 1. The van der Waals surface area contributed by atoms with E-state index in [4.69, 9.17) is 0 Å². The maximum atomic E-state index is 13.8. The van der Waals surface area contributed by atoms with Crippen LogP contribution in [-0.2, 0) is 12.6 Å². The summed E-state index contributed by atoms with van der Waals surface area (Å²) in [5.41, 5.74) is -1.46. The number of halogens is 5. The van der Waals surface area contributed by atoms with Crippen LogP contribution in [0.5, 0.6) is 0 Å². The van der Waals surface area contributed by atoms with Gasteiger partial charge >= 0.3 is 6.18 Å². The fourth-order valence-electron chi connectivity index (χ4n) is 6.17. The molecule has 0 N–H and O–H groups in total. The van der Waals surface area contributed by atoms with Crippen molar-refractivity contribution in [1.29, 1.82) is 0 Å². The minimum absolute atomic E-state index is 0.323. The molecule has 0 aromatic heterocycles. The van der Waals surface area contributed by atoms with Gasteiger partial charge in [-0.1, -0.05) is 50.7 Å². The van der Waals surface area contributed by atoms with Crippen LogP contribution in [-0.4, -0.2) is 0 Å². The number of rotatable bonds is 9. The molecule has 0 nitrogen and oxygen atoms in total. The highest BCUT2D eigenvalue weighted by molar-refractivity contribution is 5.28. The van der Waals surface area contributed by atoms with Gasteiger partial charge in [-0.15, -0.1) is 0 Å². The van der Waals surface area contributed by atoms with E-state index < -0.39 is 23.4 Å². The Kier molecular flexibility index (Phi) is 9.81. The molecule has 3 rings (SSSR count). The molecule has 0 atom stereocenters. The van der Waals surface area contributed by atoms with Gasteiger partial charge in [0.25, 0.3) is 0 Å². The van der Waals surface area contributed by atoms with Crippen LogP contribution in [0.3, 0.4) is 0 Å². The van der Waals surface area contributed by atoms with Gasteiger partial charge in [0.2, 0.25) is 0 Å². The minimum Gasteiger partial charge on any atom is -0.206 e. The Bertz CT molecular complexity index is 727. The second-order valence-electron chi connectivity index (χ2n) is 10.4. The van der Waals surface area contributed by atoms with Crippen molar-refractivity contribution in [2.75, 3.05) is 0 Å². The monoisotopic (exact) mass is 470 g/mol. The summed E-state index contributed by atoms with van der Waals surface area (Å²) in [5.74, 6) is 0.0567. The molecule has 2 saturated carbocycles. The lowest BCUT2D eigenvalue weighted by molar-refractivity contribution is -0.142. The van der Waals surface area contributed by atoms with Crippen molar-refractivity contribution in [2.24, 2.45) is 23.7 Å². The summed E-state index contributed by atoms with van der Waals surface area (Å²) in [5, 5.41) is 0. The molecule has 2 aliphatic carbocycles. The molecule has 0 aliphatic heterocycles. The molecule has 0 saturated heterocycles. The molecule has 0 spiro atoms. The first kappa shape index (κ1) is 26.2. The van der Waals surface area contributed by atoms with Crippen LogP contribution in [0.1, 0.15) is 102 Å². The van der Waals surface area contributed by atoms with Crippen LogP contribution >= 0.6 is 0 Å². The number of hydrogen-bond acceptors (Lipinski definition) is 0. The van der Waals surface area contributed by atoms with Gasteiger partial charge in [0.15, 0.2) is 0 Å². The van der Waals surface area contributed by atoms with Gasteiger partial charge in [-0.3, -0.25) is 0 Å². The standard InChI is InChI=1S/C28H39F5/c1-2-3-4-5-6-7-20-10-14-23(15-11-20)24-16-12-21(13-17-24)8-9-22-18-25(29)27(26(30)19-22)28(31,32)33/h2-3,18-21,23-24H,4-17H2,1H3. The average molecular weight is 471 g/mol. The van der Waals surface area contributed by atoms with Crippen LogP contribution in [0, 0.1) is 35.3 Å². The predicted octanol–water partition coefficient (Wildman–Crippen LogP) is 9.67. The third kappa shape index (κ3) is 7.82. The zero-order valence-corrected chi connectivity index (χ0v) is 19.9. The van der Waals surface area contributed by atoms with E-state index in [1.165, 1.54) is 64.2 Å². The van der Waals surface area contributed by atoms with Crippen molar-refractivity contribution in [3.8, 4) is 0 Å². The molecule has 0 bridgehead atoms. The molecule has 1 aromatic rings. The summed E-state index contributed by atoms with van der Waals surface area (Å²) in [6.45, 7) is 2.08. The summed E-state index contributed by atoms with van der Waals surface area (Å²) in [6.07, 6.45) is 16.0. The molecular weight excluding hydrogens is 431 g/mol. The van der Waals surface area contributed by atoms with Gasteiger partial charge in [-0.05, 0) is 99.7 Å². The Morgan fingerprint density at radius 2 is 1.30 bits per heavy atom. The molecule has 1 aromatic carbocycles. The van der Waals surface area contributed by atoms with E-state index in [0.717, 1.165) is 49.1 Å². The quantitative estimate of drug-likeness (QED) is 0.191. The molecular formula is C28H39F5. The lowest BCUT2D eigenvalue weighted by Crippen LogP contribution is -2.26. The molecule has 2 fully saturated rings. The Hall–Kier alpha value is -1.39. The van der Waals surface area contributed by atoms with E-state index in [9.17, 15) is 22.0 Å². The van der Waals surface area contributed by atoms with E-state index in [-0.39, 0.29) is 0 Å². The largest absolute Gasteiger partial charge is 0.422 e. The zero-order chi connectivity index (χ0) is 23.8. The topological polar surface area (TPSA) is 0 Å². The molecule has 0 heterocycles. The zero-order valence-electron chi connectivity index (χ0n) is 19.9. The minimum atomic E-state index is -5.00. The highest BCUT2D eigenvalue weighted by Crippen LogP contribution is 2.43. The van der Waals surface area contributed by atoms with Crippen molar-refractivity contribution in [3.05, 3.63) is 47.0 Å². The molecule has 0 unspecified atom stereocenters. The van der Waals surface area contributed by atoms with Gasteiger partial charge < -0.3 is 0 Å². The Morgan fingerprint density at radius 1 is 0.788 bits per heavy atom. The molecule has 186 valence electrons. The van der Waals surface area contributed by atoms with Crippen LogP contribution in [0.25, 0.3) is 0 Å². The fourth-order valence-corrected chi connectivity index (χ4v) is 6.17. The van der Waals surface area contributed by atoms with E-state index in [1.54, 1.807) is 0 Å². The first-order chi connectivity index (χ1) is 15.8. The Morgan fingerprint density at radius 3 is 1.79 bits per heavy atom. The highest BCUT2D eigenvalue weighted by atomic mass is 19.4. The summed E-state index contributed by atoms with van der Waals surface area (Å²) in [6, 6.07) is 1.72.